The minimum atomic E-state index is -0.0834. The lowest BCUT2D eigenvalue weighted by atomic mass is 9.78. The van der Waals surface area contributed by atoms with Crippen LogP contribution < -0.4 is 5.73 Å². The van der Waals surface area contributed by atoms with Gasteiger partial charge >= 0.3 is 0 Å². The number of aromatic nitrogens is 1. The molecule has 0 amide bonds. The van der Waals surface area contributed by atoms with Crippen molar-refractivity contribution in [2.45, 2.75) is 19.3 Å². The van der Waals surface area contributed by atoms with E-state index in [2.05, 4.69) is 170 Å². The highest BCUT2D eigenvalue weighted by atomic mass is 15.0. The number of nitriles is 1. The van der Waals surface area contributed by atoms with Crippen molar-refractivity contribution in [3.8, 4) is 28.3 Å². The van der Waals surface area contributed by atoms with Crippen molar-refractivity contribution < 1.29 is 0 Å². The zero-order valence-corrected chi connectivity index (χ0v) is 33.9. The maximum Gasteiger partial charge on any atom is 0.0994 e. The molecule has 4 nitrogen and oxygen atoms in total. The van der Waals surface area contributed by atoms with Gasteiger partial charge in [0.1, 0.15) is 0 Å². The lowest BCUT2D eigenvalue weighted by Gasteiger charge is -2.25. The van der Waals surface area contributed by atoms with E-state index in [1.807, 2.05) is 29.7 Å². The zero-order valence-electron chi connectivity index (χ0n) is 33.9. The maximum absolute atomic E-state index is 11.0. The molecule has 1 unspecified atom stereocenters. The van der Waals surface area contributed by atoms with Gasteiger partial charge in [0.2, 0.25) is 0 Å². The molecule has 4 heteroatoms. The van der Waals surface area contributed by atoms with Crippen molar-refractivity contribution in [2.75, 3.05) is 0 Å². The molecule has 3 N–H and O–H groups in total. The monoisotopic (exact) mass is 782 g/mol. The van der Waals surface area contributed by atoms with Crippen molar-refractivity contribution in [1.29, 1.82) is 10.7 Å². The molecule has 0 fully saturated rings. The Balaban J connectivity index is 1.21. The Hall–Kier alpha value is -8.00. The average molecular weight is 783 g/mol. The van der Waals surface area contributed by atoms with Crippen LogP contribution in [0.5, 0.6) is 0 Å². The molecule has 8 aromatic carbocycles. The largest absolute Gasteiger partial charge is 0.403 e. The summed E-state index contributed by atoms with van der Waals surface area (Å²) < 4.78 is 2.02. The highest BCUT2D eigenvalue weighted by Gasteiger charge is 2.28. The smallest absolute Gasteiger partial charge is 0.0994 e. The van der Waals surface area contributed by atoms with Gasteiger partial charge in [-0.2, -0.15) is 5.26 Å². The van der Waals surface area contributed by atoms with Crippen LogP contribution in [0.3, 0.4) is 0 Å². The Morgan fingerprint density at radius 1 is 0.689 bits per heavy atom. The van der Waals surface area contributed by atoms with Crippen molar-refractivity contribution in [3.05, 3.63) is 211 Å². The Morgan fingerprint density at radius 2 is 1.20 bits per heavy atom. The quantitative estimate of drug-likeness (QED) is 0.0914. The average Bonchev–Trinajstić information content (AvgIpc) is 3.65. The van der Waals surface area contributed by atoms with Gasteiger partial charge in [-0.15, -0.1) is 0 Å². The molecular weight excluding hydrogens is 741 g/mol. The van der Waals surface area contributed by atoms with Crippen molar-refractivity contribution in [3.63, 3.8) is 0 Å². The summed E-state index contributed by atoms with van der Waals surface area (Å²) in [5, 5.41) is 29.8. The third kappa shape index (κ3) is 5.78. The molecule has 290 valence electrons. The fourth-order valence-electron chi connectivity index (χ4n) is 9.99. The SMILES string of the molecule is C=Cc1c(C=N)n(C(/C=C\C)=C/N)c2cccc(C3C=C(C#N)C(c4c5ccccc5c(-c5c6ccccc6c(-c6ccccc6)c6ccccc56)c5ccccc45)=CC3)c12. The van der Waals surface area contributed by atoms with Gasteiger partial charge in [0.05, 0.1) is 28.5 Å². The van der Waals surface area contributed by atoms with Crippen molar-refractivity contribution >= 4 is 77.6 Å². The lowest BCUT2D eigenvalue weighted by molar-refractivity contribution is 0.860. The van der Waals surface area contributed by atoms with E-state index in [1.54, 1.807) is 6.20 Å². The van der Waals surface area contributed by atoms with Crippen LogP contribution in [0.25, 0.3) is 93.6 Å². The molecule has 1 aliphatic rings. The first-order valence-electron chi connectivity index (χ1n) is 20.7. The van der Waals surface area contributed by atoms with Gasteiger partial charge in [-0.25, -0.2) is 0 Å². The van der Waals surface area contributed by atoms with Crippen LogP contribution in [0, 0.1) is 16.7 Å². The molecule has 10 rings (SSSR count). The van der Waals surface area contributed by atoms with Crippen molar-refractivity contribution in [2.24, 2.45) is 5.73 Å². The first-order chi connectivity index (χ1) is 30.1. The van der Waals surface area contributed by atoms with E-state index in [4.69, 9.17) is 11.1 Å². The molecule has 1 aliphatic carbocycles. The molecular formula is C57H42N4. The Morgan fingerprint density at radius 3 is 1.67 bits per heavy atom. The van der Waals surface area contributed by atoms with Crippen LogP contribution in [0.1, 0.15) is 41.6 Å². The van der Waals surface area contributed by atoms with E-state index in [9.17, 15) is 5.26 Å². The van der Waals surface area contributed by atoms with E-state index in [0.717, 1.165) is 60.4 Å². The summed E-state index contributed by atoms with van der Waals surface area (Å²) in [7, 11) is 0. The van der Waals surface area contributed by atoms with Gasteiger partial charge in [-0.1, -0.05) is 170 Å². The van der Waals surface area contributed by atoms with Gasteiger partial charge in [-0.05, 0) is 108 Å². The summed E-state index contributed by atoms with van der Waals surface area (Å²) in [4.78, 5) is 0. The van der Waals surface area contributed by atoms with E-state index in [0.29, 0.717) is 17.7 Å². The number of allylic oxidation sites excluding steroid dienone is 7. The number of benzene rings is 8. The molecule has 1 atom stereocenters. The Labute approximate surface area is 355 Å². The minimum Gasteiger partial charge on any atom is -0.403 e. The second-order valence-corrected chi connectivity index (χ2v) is 15.5. The van der Waals surface area contributed by atoms with Crippen LogP contribution in [-0.2, 0) is 0 Å². The Bertz CT molecular complexity index is 3340. The summed E-state index contributed by atoms with van der Waals surface area (Å²) in [6, 6.07) is 54.7. The van der Waals surface area contributed by atoms with Crippen molar-refractivity contribution in [1.82, 2.24) is 4.57 Å². The van der Waals surface area contributed by atoms with Crippen LogP contribution in [0.4, 0.5) is 0 Å². The molecule has 0 bridgehead atoms. The molecule has 0 radical (unpaired) electrons. The van der Waals surface area contributed by atoms with Gasteiger partial charge in [0, 0.05) is 29.3 Å². The lowest BCUT2D eigenvalue weighted by Crippen LogP contribution is -2.05. The highest BCUT2D eigenvalue weighted by molar-refractivity contribution is 6.29. The molecule has 0 spiro atoms. The summed E-state index contributed by atoms with van der Waals surface area (Å²) >= 11 is 0. The van der Waals surface area contributed by atoms with Crippen LogP contribution >= 0.6 is 0 Å². The molecule has 1 heterocycles. The van der Waals surface area contributed by atoms with E-state index in [-0.39, 0.29) is 5.92 Å². The normalized spacial score (nSPS) is 14.5. The molecule has 1 aromatic heterocycles. The molecule has 0 saturated heterocycles. The van der Waals surface area contributed by atoms with Crippen LogP contribution in [-0.4, -0.2) is 10.8 Å². The van der Waals surface area contributed by atoms with Gasteiger partial charge in [0.25, 0.3) is 0 Å². The van der Waals surface area contributed by atoms with E-state index in [1.165, 1.54) is 50.0 Å². The first-order valence-corrected chi connectivity index (χ1v) is 20.7. The predicted molar refractivity (Wildman–Crippen MR) is 260 cm³/mol. The number of hydrogen-bond donors (Lipinski definition) is 2. The zero-order chi connectivity index (χ0) is 41.6. The molecule has 0 saturated carbocycles. The van der Waals surface area contributed by atoms with E-state index < -0.39 is 0 Å². The number of hydrogen-bond acceptors (Lipinski definition) is 3. The van der Waals surface area contributed by atoms with Gasteiger partial charge in [0.15, 0.2) is 0 Å². The van der Waals surface area contributed by atoms with Gasteiger partial charge < -0.3 is 15.7 Å². The third-order valence-electron chi connectivity index (χ3n) is 12.4. The third-order valence-corrected chi connectivity index (χ3v) is 12.4. The van der Waals surface area contributed by atoms with Crippen LogP contribution in [0.15, 0.2) is 188 Å². The summed E-state index contributed by atoms with van der Waals surface area (Å²) in [6.07, 6.45) is 13.7. The topological polar surface area (TPSA) is 78.6 Å². The summed E-state index contributed by atoms with van der Waals surface area (Å²) in [5.41, 5.74) is 18.0. The molecule has 0 aliphatic heterocycles. The first kappa shape index (κ1) is 37.3. The number of nitrogens with two attached hydrogens (primary N) is 1. The number of fused-ring (bicyclic) bond motifs is 5. The van der Waals surface area contributed by atoms with E-state index >= 15 is 0 Å². The number of nitrogens with zero attached hydrogens (tertiary/aromatic N) is 2. The Kier molecular flexibility index (Phi) is 9.36. The summed E-state index contributed by atoms with van der Waals surface area (Å²) in [5.74, 6) is -0.0834. The number of rotatable bonds is 8. The number of nitrogens with one attached hydrogen (secondary N) is 1. The predicted octanol–water partition coefficient (Wildman–Crippen LogP) is 14.6. The fraction of sp³-hybridized carbons (Fsp3) is 0.0526. The highest BCUT2D eigenvalue weighted by Crippen LogP contribution is 2.51. The maximum atomic E-state index is 11.0. The second-order valence-electron chi connectivity index (χ2n) is 15.5. The fourth-order valence-corrected chi connectivity index (χ4v) is 9.99. The van der Waals surface area contributed by atoms with Crippen LogP contribution in [0.2, 0.25) is 0 Å². The second kappa shape index (κ2) is 15.3. The minimum absolute atomic E-state index is 0.0834. The standard InChI is InChI=1S/C57H42N4/c1-3-17-39(34-59)61-51-29-16-28-41(55(51)40(4-2)52(61)35-60)37-30-31-42(38(32-37)33-58)54-45-22-10-14-26-49(45)57(50-27-15-11-23-46(50)54)56-47-24-12-8-20-43(47)53(36-18-6-5-7-19-36)44-21-9-13-25-48(44)56/h3-29,31-32,34-35,37,60H,2,30,59H2,1H3/b17-3-,39-34+,60-35?. The molecule has 61 heavy (non-hydrogen) atoms. The van der Waals surface area contributed by atoms with Gasteiger partial charge in [-0.3, -0.25) is 0 Å². The molecule has 9 aromatic rings. The summed E-state index contributed by atoms with van der Waals surface area (Å²) in [6.45, 7) is 6.13.